The average molecular weight is 238 g/mol. The minimum Gasteiger partial charge on any atom is -0.267 e. The molecule has 0 aliphatic heterocycles. The number of aromatic amines is 1. The van der Waals surface area contributed by atoms with Gasteiger partial charge >= 0.3 is 0 Å². The van der Waals surface area contributed by atoms with Gasteiger partial charge in [0.05, 0.1) is 11.3 Å². The molecule has 1 aromatic carbocycles. The summed E-state index contributed by atoms with van der Waals surface area (Å²) in [6, 6.07) is 5.63. The van der Waals surface area contributed by atoms with E-state index in [0.29, 0.717) is 10.2 Å². The second-order valence-electron chi connectivity index (χ2n) is 3.36. The maximum Gasteiger partial charge on any atom is 0.138 e. The Kier molecular flexibility index (Phi) is 2.78. The van der Waals surface area contributed by atoms with E-state index < -0.39 is 11.6 Å². The number of hydrogen-bond acceptors (Lipinski definition) is 2. The highest BCUT2D eigenvalue weighted by Gasteiger charge is 2.14. The number of nitrogens with one attached hydrogen (secondary N) is 1. The van der Waals surface area contributed by atoms with Gasteiger partial charge in [-0.2, -0.15) is 5.10 Å². The predicted molar refractivity (Wildman–Crippen MR) is 59.5 cm³/mol. The summed E-state index contributed by atoms with van der Waals surface area (Å²) in [5, 5.41) is 6.31. The maximum atomic E-state index is 13.7. The molecule has 2 rings (SSSR count). The maximum absolute atomic E-state index is 13.7. The quantitative estimate of drug-likeness (QED) is 0.771. The number of hydrogen-bond donors (Lipinski definition) is 1. The number of aromatic nitrogens is 2. The van der Waals surface area contributed by atoms with Crippen molar-refractivity contribution in [1.82, 2.24) is 10.2 Å². The van der Waals surface area contributed by atoms with Crippen molar-refractivity contribution < 1.29 is 8.78 Å². The number of H-pyrrole nitrogens is 1. The van der Waals surface area contributed by atoms with Gasteiger partial charge in [-0.25, -0.2) is 8.78 Å². The fourth-order valence-corrected chi connectivity index (χ4v) is 1.49. The van der Waals surface area contributed by atoms with Gasteiger partial charge in [0.1, 0.15) is 16.3 Å². The van der Waals surface area contributed by atoms with Crippen LogP contribution in [0, 0.1) is 23.2 Å². The second-order valence-corrected chi connectivity index (χ2v) is 3.80. The summed E-state index contributed by atoms with van der Waals surface area (Å²) in [5.74, 6) is -1.24. The highest BCUT2D eigenvalue weighted by atomic mass is 32.1. The lowest BCUT2D eigenvalue weighted by atomic mass is 10.1. The molecule has 0 spiro atoms. The SMILES string of the molecule is Cc1ccc(F)c(-c2ccc(=S)[nH]n2)c1F. The van der Waals surface area contributed by atoms with Gasteiger partial charge in [-0.15, -0.1) is 0 Å². The molecule has 1 aromatic heterocycles. The van der Waals surface area contributed by atoms with Crippen LogP contribution in [0.25, 0.3) is 11.3 Å². The van der Waals surface area contributed by atoms with Crippen LogP contribution in [-0.4, -0.2) is 10.2 Å². The molecule has 0 bridgehead atoms. The first-order valence-corrected chi connectivity index (χ1v) is 5.01. The predicted octanol–water partition coefficient (Wildman–Crippen LogP) is 3.39. The third-order valence-corrected chi connectivity index (χ3v) is 2.45. The molecule has 1 N–H and O–H groups in total. The molecule has 82 valence electrons. The summed E-state index contributed by atoms with van der Waals surface area (Å²) in [4.78, 5) is 0. The van der Waals surface area contributed by atoms with E-state index in [2.05, 4.69) is 10.2 Å². The minimum absolute atomic E-state index is 0.133. The summed E-state index contributed by atoms with van der Waals surface area (Å²) >= 11 is 4.81. The number of benzene rings is 1. The normalized spacial score (nSPS) is 10.4. The third-order valence-electron chi connectivity index (χ3n) is 2.22. The van der Waals surface area contributed by atoms with Crippen molar-refractivity contribution in [1.29, 1.82) is 0 Å². The third kappa shape index (κ3) is 1.86. The first kappa shape index (κ1) is 10.9. The van der Waals surface area contributed by atoms with Crippen LogP contribution in [0.15, 0.2) is 24.3 Å². The molecule has 0 unspecified atom stereocenters. The first-order chi connectivity index (χ1) is 7.59. The molecule has 0 saturated heterocycles. The van der Waals surface area contributed by atoms with Gasteiger partial charge < -0.3 is 0 Å². The molecule has 2 nitrogen and oxygen atoms in total. The van der Waals surface area contributed by atoms with E-state index in [1.807, 2.05) is 0 Å². The van der Waals surface area contributed by atoms with Gasteiger partial charge in [-0.1, -0.05) is 18.3 Å². The zero-order chi connectivity index (χ0) is 11.7. The van der Waals surface area contributed by atoms with E-state index in [9.17, 15) is 8.78 Å². The van der Waals surface area contributed by atoms with Crippen molar-refractivity contribution in [3.05, 3.63) is 46.1 Å². The van der Waals surface area contributed by atoms with Crippen LogP contribution < -0.4 is 0 Å². The van der Waals surface area contributed by atoms with E-state index in [1.165, 1.54) is 18.2 Å². The summed E-state index contributed by atoms with van der Waals surface area (Å²) in [5.41, 5.74) is 0.444. The minimum atomic E-state index is -0.638. The van der Waals surface area contributed by atoms with Gasteiger partial charge in [0.25, 0.3) is 0 Å². The molecular weight excluding hydrogens is 230 g/mol. The second kappa shape index (κ2) is 4.09. The molecule has 5 heteroatoms. The van der Waals surface area contributed by atoms with Crippen LogP contribution >= 0.6 is 12.2 Å². The average Bonchev–Trinajstić information content (AvgIpc) is 2.27. The monoisotopic (exact) mass is 238 g/mol. The molecule has 2 aromatic rings. The van der Waals surface area contributed by atoms with Crippen LogP contribution in [0.4, 0.5) is 8.78 Å². The topological polar surface area (TPSA) is 28.7 Å². The van der Waals surface area contributed by atoms with Gasteiger partial charge in [0.2, 0.25) is 0 Å². The van der Waals surface area contributed by atoms with Gasteiger partial charge in [0, 0.05) is 0 Å². The summed E-state index contributed by atoms with van der Waals surface area (Å²) in [6.45, 7) is 1.57. The first-order valence-electron chi connectivity index (χ1n) is 4.60. The fourth-order valence-electron chi connectivity index (χ4n) is 1.38. The van der Waals surface area contributed by atoms with Gasteiger partial charge in [0.15, 0.2) is 0 Å². The molecule has 1 heterocycles. The van der Waals surface area contributed by atoms with Gasteiger partial charge in [-0.3, -0.25) is 5.10 Å². The molecule has 0 radical (unpaired) electrons. The number of nitrogens with zero attached hydrogens (tertiary/aromatic N) is 1. The largest absolute Gasteiger partial charge is 0.267 e. The molecule has 0 amide bonds. The van der Waals surface area contributed by atoms with Crippen LogP contribution in [-0.2, 0) is 0 Å². The van der Waals surface area contributed by atoms with Gasteiger partial charge in [-0.05, 0) is 30.7 Å². The lowest BCUT2D eigenvalue weighted by Crippen LogP contribution is -1.96. The molecular formula is C11H8F2N2S. The summed E-state index contributed by atoms with van der Waals surface area (Å²) < 4.78 is 27.6. The Morgan fingerprint density at radius 3 is 2.56 bits per heavy atom. The Morgan fingerprint density at radius 2 is 1.94 bits per heavy atom. The highest BCUT2D eigenvalue weighted by molar-refractivity contribution is 7.71. The lowest BCUT2D eigenvalue weighted by Gasteiger charge is -2.05. The molecule has 0 aliphatic rings. The Hall–Kier alpha value is -1.62. The standard InChI is InChI=1S/C11H8F2N2S/c1-6-2-3-7(12)10(11(6)13)8-4-5-9(16)15-14-8/h2-5H,1H3,(H,15,16). The molecule has 0 atom stereocenters. The Morgan fingerprint density at radius 1 is 1.19 bits per heavy atom. The van der Waals surface area contributed by atoms with Crippen LogP contribution in [0.5, 0.6) is 0 Å². The Bertz CT molecular complexity index is 573. The summed E-state index contributed by atoms with van der Waals surface area (Å²) in [6.07, 6.45) is 0. The van der Waals surface area contributed by atoms with Crippen LogP contribution in [0.1, 0.15) is 5.56 Å². The van der Waals surface area contributed by atoms with E-state index in [-0.39, 0.29) is 11.3 Å². The molecule has 0 aliphatic carbocycles. The van der Waals surface area contributed by atoms with Crippen molar-refractivity contribution >= 4 is 12.2 Å². The Labute approximate surface area is 96.0 Å². The van der Waals surface area contributed by atoms with E-state index in [0.717, 1.165) is 0 Å². The van der Waals surface area contributed by atoms with Crippen molar-refractivity contribution in [2.75, 3.05) is 0 Å². The zero-order valence-electron chi connectivity index (χ0n) is 8.42. The van der Waals surface area contributed by atoms with Crippen molar-refractivity contribution in [2.24, 2.45) is 0 Å². The van der Waals surface area contributed by atoms with E-state index in [4.69, 9.17) is 12.2 Å². The lowest BCUT2D eigenvalue weighted by molar-refractivity contribution is 0.582. The van der Waals surface area contributed by atoms with Crippen molar-refractivity contribution in [3.8, 4) is 11.3 Å². The molecule has 0 saturated carbocycles. The smallest absolute Gasteiger partial charge is 0.138 e. The summed E-state index contributed by atoms with van der Waals surface area (Å²) in [7, 11) is 0. The zero-order valence-corrected chi connectivity index (χ0v) is 9.24. The van der Waals surface area contributed by atoms with Crippen molar-refractivity contribution in [2.45, 2.75) is 6.92 Å². The number of aryl methyl sites for hydroxylation is 1. The number of halogens is 2. The molecule has 0 fully saturated rings. The molecule has 16 heavy (non-hydrogen) atoms. The van der Waals surface area contributed by atoms with E-state index >= 15 is 0 Å². The van der Waals surface area contributed by atoms with E-state index in [1.54, 1.807) is 13.0 Å². The van der Waals surface area contributed by atoms with Crippen LogP contribution in [0.3, 0.4) is 0 Å². The highest BCUT2D eigenvalue weighted by Crippen LogP contribution is 2.25. The number of rotatable bonds is 1. The van der Waals surface area contributed by atoms with Crippen molar-refractivity contribution in [3.63, 3.8) is 0 Å². The van der Waals surface area contributed by atoms with Crippen LogP contribution in [0.2, 0.25) is 0 Å². The Balaban J connectivity index is 2.68. The fraction of sp³-hybridized carbons (Fsp3) is 0.0909.